The monoisotopic (exact) mass is 991 g/mol. The summed E-state index contributed by atoms with van der Waals surface area (Å²) < 4.78 is 0. The number of para-hydroxylation sites is 3. The molecular weight excluding hydrogens is 937 g/mol. The van der Waals surface area contributed by atoms with Crippen molar-refractivity contribution in [2.24, 2.45) is 0 Å². The number of hydrogen-bond acceptors (Lipinski definition) is 12. The third-order valence-corrected chi connectivity index (χ3v) is 9.92. The molecular formula is C48H54IrN12-6. The molecule has 0 saturated carbocycles. The van der Waals surface area contributed by atoms with Crippen LogP contribution < -0.4 is 29.4 Å². The van der Waals surface area contributed by atoms with Crippen LogP contribution in [0, 0.1) is 38.2 Å². The van der Waals surface area contributed by atoms with Crippen molar-refractivity contribution in [2.75, 3.05) is 50.5 Å². The fraction of sp³-hybridized carbons (Fsp3) is 0.312. The van der Waals surface area contributed by atoms with Gasteiger partial charge in [0, 0.05) is 36.4 Å². The van der Waals surface area contributed by atoms with Crippen LogP contribution in [0.5, 0.6) is 0 Å². The van der Waals surface area contributed by atoms with Crippen LogP contribution in [-0.2, 0) is 36.4 Å². The molecule has 3 aliphatic rings. The largest absolute Gasteiger partial charge is 0.487 e. The van der Waals surface area contributed by atoms with Crippen molar-refractivity contribution in [3.8, 4) is 0 Å². The van der Waals surface area contributed by atoms with Gasteiger partial charge in [0.15, 0.2) is 0 Å². The molecule has 0 atom stereocenters. The van der Waals surface area contributed by atoms with E-state index < -0.39 is 0 Å². The SMILES string of the molecule is CN1[CH-]N(c2[c-]cccc2)c2nc(C(C)(C)C)cnc21.CN1[CH-]N(c2[c-]cccc2)c2nc(C(C)(C)C)cnc21.CN1[CH-]N(c2[c-]cccc2)c2nc(C(C)(C)C)cnc21.[Ir]. The smallest absolute Gasteiger partial charge is 0.144 e. The summed E-state index contributed by atoms with van der Waals surface area (Å²) in [6, 6.07) is 33.3. The molecule has 0 bridgehead atoms. The maximum absolute atomic E-state index is 4.80. The Balaban J connectivity index is 0.000000152. The van der Waals surface area contributed by atoms with E-state index in [-0.39, 0.29) is 36.4 Å². The summed E-state index contributed by atoms with van der Waals surface area (Å²) in [5, 5.41) is 0. The zero-order valence-electron chi connectivity index (χ0n) is 37.1. The second-order valence-electron chi connectivity index (χ2n) is 18.0. The summed E-state index contributed by atoms with van der Waals surface area (Å²) in [4.78, 5) is 40.1. The predicted octanol–water partition coefficient (Wildman–Crippen LogP) is 9.84. The molecule has 3 aromatic carbocycles. The summed E-state index contributed by atoms with van der Waals surface area (Å²) in [7, 11) is 5.94. The average molecular weight is 991 g/mol. The van der Waals surface area contributed by atoms with E-state index >= 15 is 0 Å². The van der Waals surface area contributed by atoms with Crippen LogP contribution in [0.4, 0.5) is 52.0 Å². The van der Waals surface area contributed by atoms with Crippen LogP contribution in [-0.4, -0.2) is 51.0 Å². The first-order chi connectivity index (χ1) is 28.4. The third kappa shape index (κ3) is 9.79. The van der Waals surface area contributed by atoms with E-state index in [9.17, 15) is 0 Å². The van der Waals surface area contributed by atoms with Crippen LogP contribution >= 0.6 is 0 Å². The quantitative estimate of drug-likeness (QED) is 0.158. The van der Waals surface area contributed by atoms with Gasteiger partial charge in [-0.3, -0.25) is 0 Å². The molecule has 12 nitrogen and oxygen atoms in total. The molecule has 61 heavy (non-hydrogen) atoms. The van der Waals surface area contributed by atoms with Gasteiger partial charge in [-0.05, 0) is 21.1 Å². The van der Waals surface area contributed by atoms with Gasteiger partial charge < -0.3 is 29.4 Å². The van der Waals surface area contributed by atoms with Crippen LogP contribution in [0.3, 0.4) is 0 Å². The van der Waals surface area contributed by atoms with Gasteiger partial charge in [-0.1, -0.05) is 62.3 Å². The van der Waals surface area contributed by atoms with Gasteiger partial charge >= 0.3 is 0 Å². The molecule has 9 rings (SSSR count). The molecule has 0 spiro atoms. The molecule has 0 N–H and O–H groups in total. The summed E-state index contributed by atoms with van der Waals surface area (Å²) in [5.74, 6) is 5.20. The Hall–Kier alpha value is -5.65. The van der Waals surface area contributed by atoms with Gasteiger partial charge in [0.25, 0.3) is 0 Å². The summed E-state index contributed by atoms with van der Waals surface area (Å²) in [6.07, 6.45) is 5.59. The molecule has 13 heteroatoms. The van der Waals surface area contributed by atoms with Crippen molar-refractivity contribution in [1.82, 2.24) is 29.9 Å². The van der Waals surface area contributed by atoms with Crippen molar-refractivity contribution in [3.05, 3.63) is 147 Å². The van der Waals surface area contributed by atoms with Crippen molar-refractivity contribution in [2.45, 2.75) is 78.6 Å². The molecule has 0 fully saturated rings. The van der Waals surface area contributed by atoms with Crippen molar-refractivity contribution >= 4 is 52.0 Å². The number of hydrogen-bond donors (Lipinski definition) is 0. The van der Waals surface area contributed by atoms with Crippen LogP contribution in [0.15, 0.2) is 91.4 Å². The van der Waals surface area contributed by atoms with Crippen LogP contribution in [0.1, 0.15) is 79.4 Å². The maximum Gasteiger partial charge on any atom is 0.144 e. The molecule has 321 valence electrons. The second kappa shape index (κ2) is 17.8. The molecule has 0 amide bonds. The number of nitrogens with zero attached hydrogens (tertiary/aromatic N) is 12. The van der Waals surface area contributed by atoms with Gasteiger partial charge in [0.2, 0.25) is 0 Å². The normalized spacial score (nSPS) is 14.4. The van der Waals surface area contributed by atoms with Crippen molar-refractivity contribution in [3.63, 3.8) is 0 Å². The van der Waals surface area contributed by atoms with Gasteiger partial charge in [-0.25, -0.2) is 29.9 Å². The minimum atomic E-state index is -0.0186. The predicted molar refractivity (Wildman–Crippen MR) is 243 cm³/mol. The van der Waals surface area contributed by atoms with E-state index in [0.29, 0.717) is 0 Å². The average Bonchev–Trinajstić information content (AvgIpc) is 3.87. The van der Waals surface area contributed by atoms with E-state index in [2.05, 4.69) is 95.5 Å². The van der Waals surface area contributed by atoms with Gasteiger partial charge in [-0.2, -0.15) is 91.0 Å². The molecule has 6 aromatic rings. The van der Waals surface area contributed by atoms with Gasteiger partial charge in [0.1, 0.15) is 34.9 Å². The summed E-state index contributed by atoms with van der Waals surface area (Å²) in [6.45, 7) is 25.3. The van der Waals surface area contributed by atoms with Gasteiger partial charge in [0.05, 0.1) is 35.7 Å². The number of benzene rings is 3. The molecule has 0 unspecified atom stereocenters. The third-order valence-electron chi connectivity index (χ3n) is 9.92. The van der Waals surface area contributed by atoms with E-state index in [1.54, 1.807) is 0 Å². The van der Waals surface area contributed by atoms with Gasteiger partial charge in [-0.15, -0.1) is 37.1 Å². The molecule has 1 radical (unpaired) electrons. The minimum Gasteiger partial charge on any atom is -0.487 e. The topological polar surface area (TPSA) is 96.8 Å². The number of anilines is 9. The standard InChI is InChI=1S/3C16H18N4.Ir/c3*1-16(2,3)13-10-17-14-15(18-13)20(11-19(14)4)12-8-6-5-7-9-12;/h3*5-8,10-11H,1-4H3;/q3*-2;. The van der Waals surface area contributed by atoms with E-state index in [1.165, 1.54) is 0 Å². The number of fused-ring (bicyclic) bond motifs is 3. The Morgan fingerprint density at radius 3 is 0.885 bits per heavy atom. The Morgan fingerprint density at radius 1 is 0.410 bits per heavy atom. The second-order valence-corrected chi connectivity index (χ2v) is 18.0. The Morgan fingerprint density at radius 2 is 0.672 bits per heavy atom. The molecule has 3 aliphatic heterocycles. The van der Waals surface area contributed by atoms with E-state index in [1.807, 2.05) is 162 Å². The number of aromatic nitrogens is 6. The maximum atomic E-state index is 4.80. The Bertz CT molecular complexity index is 2120. The Labute approximate surface area is 376 Å². The van der Waals surface area contributed by atoms with Crippen molar-refractivity contribution < 1.29 is 20.1 Å². The first kappa shape index (κ1) is 44.9. The molecule has 3 aromatic heterocycles. The zero-order valence-corrected chi connectivity index (χ0v) is 39.5. The van der Waals surface area contributed by atoms with Crippen molar-refractivity contribution in [1.29, 1.82) is 0 Å². The molecule has 0 aliphatic carbocycles. The number of rotatable bonds is 3. The van der Waals surface area contributed by atoms with E-state index in [0.717, 1.165) is 69.1 Å². The van der Waals surface area contributed by atoms with Crippen LogP contribution in [0.2, 0.25) is 0 Å². The fourth-order valence-electron chi connectivity index (χ4n) is 6.41. The Kier molecular flexibility index (Phi) is 13.1. The first-order valence-corrected chi connectivity index (χ1v) is 20.0. The molecule has 6 heterocycles. The zero-order chi connectivity index (χ0) is 43.0. The molecule has 0 saturated heterocycles. The van der Waals surface area contributed by atoms with Crippen LogP contribution in [0.25, 0.3) is 0 Å². The minimum absolute atomic E-state index is 0. The summed E-state index contributed by atoms with van der Waals surface area (Å²) in [5.41, 5.74) is 5.82. The fourth-order valence-corrected chi connectivity index (χ4v) is 6.41. The summed E-state index contributed by atoms with van der Waals surface area (Å²) >= 11 is 0. The van der Waals surface area contributed by atoms with E-state index in [4.69, 9.17) is 15.0 Å². The first-order valence-electron chi connectivity index (χ1n) is 20.0.